The summed E-state index contributed by atoms with van der Waals surface area (Å²) in [5, 5.41) is 14.8. The van der Waals surface area contributed by atoms with Gasteiger partial charge in [-0.2, -0.15) is 0 Å². The van der Waals surface area contributed by atoms with Crippen molar-refractivity contribution in [1.82, 2.24) is 9.97 Å². The molecule has 1 rings (SSSR count). The third kappa shape index (κ3) is 22.6. The molecule has 0 saturated carbocycles. The molecule has 0 aliphatic heterocycles. The van der Waals surface area contributed by atoms with Crippen LogP contribution in [0.3, 0.4) is 0 Å². The fraction of sp³-hybridized carbons (Fsp3) is 0.250. The third-order valence-corrected chi connectivity index (χ3v) is 0.686. The van der Waals surface area contributed by atoms with E-state index in [0.717, 1.165) is 13.8 Å². The number of carboxylic acids is 2. The first-order chi connectivity index (χ1) is 7.25. The average Bonchev–Trinajstić information content (AvgIpc) is 2.00. The van der Waals surface area contributed by atoms with E-state index in [1.165, 1.54) is 12.3 Å². The Morgan fingerprint density at radius 3 is 1.69 bits per heavy atom. The molecule has 0 amide bonds. The molecule has 4 N–H and O–H groups in total. The van der Waals surface area contributed by atoms with Crippen molar-refractivity contribution in [2.24, 2.45) is 0 Å². The molecule has 0 aliphatic carbocycles. The Bertz CT molecular complexity index is 387. The number of aliphatic carboxylic acids is 2. The molecule has 0 spiro atoms. The molecular formula is C8H12N2O6. The van der Waals surface area contributed by atoms with Gasteiger partial charge in [0.1, 0.15) is 0 Å². The van der Waals surface area contributed by atoms with Crippen LogP contribution < -0.4 is 11.2 Å². The van der Waals surface area contributed by atoms with Gasteiger partial charge in [-0.05, 0) is 0 Å². The fourth-order valence-corrected chi connectivity index (χ4v) is 0.383. The number of carboxylic acid groups (broad SMARTS) is 2. The second kappa shape index (κ2) is 9.19. The number of nitrogens with one attached hydrogen (secondary N) is 2. The molecule has 0 aliphatic rings. The zero-order valence-corrected chi connectivity index (χ0v) is 8.68. The standard InChI is InChI=1S/C4H4N2O2.2C2H4O2/c7-3-1-2-5-4(8)6-3;2*1-2(3)4/h1-2H,(H2,5,6,7,8);2*1H3,(H,3,4). The lowest BCUT2D eigenvalue weighted by Crippen LogP contribution is -2.19. The SMILES string of the molecule is CC(=O)O.CC(=O)O.O=c1cc[nH]c(=O)[nH]1. The topological polar surface area (TPSA) is 140 Å². The Balaban J connectivity index is 0. The van der Waals surface area contributed by atoms with Crippen LogP contribution in [-0.4, -0.2) is 32.1 Å². The summed E-state index contributed by atoms with van der Waals surface area (Å²) in [5.41, 5.74) is -0.855. The van der Waals surface area contributed by atoms with Crippen LogP contribution in [0.25, 0.3) is 0 Å². The molecule has 0 bridgehead atoms. The van der Waals surface area contributed by atoms with Crippen molar-refractivity contribution in [3.63, 3.8) is 0 Å². The van der Waals surface area contributed by atoms with Crippen LogP contribution in [0.2, 0.25) is 0 Å². The van der Waals surface area contributed by atoms with Gasteiger partial charge in [-0.3, -0.25) is 19.4 Å². The summed E-state index contributed by atoms with van der Waals surface area (Å²) in [4.78, 5) is 42.7. The summed E-state index contributed by atoms with van der Waals surface area (Å²) in [7, 11) is 0. The normalized spacial score (nSPS) is 7.62. The van der Waals surface area contributed by atoms with Crippen molar-refractivity contribution in [3.05, 3.63) is 33.1 Å². The van der Waals surface area contributed by atoms with E-state index >= 15 is 0 Å². The largest absolute Gasteiger partial charge is 0.481 e. The van der Waals surface area contributed by atoms with E-state index in [-0.39, 0.29) is 5.56 Å². The summed E-state index contributed by atoms with van der Waals surface area (Å²) < 4.78 is 0. The van der Waals surface area contributed by atoms with Crippen molar-refractivity contribution >= 4 is 11.9 Å². The van der Waals surface area contributed by atoms with Gasteiger partial charge in [-0.1, -0.05) is 0 Å². The van der Waals surface area contributed by atoms with Crippen molar-refractivity contribution < 1.29 is 19.8 Å². The van der Waals surface area contributed by atoms with Gasteiger partial charge in [0.25, 0.3) is 17.5 Å². The van der Waals surface area contributed by atoms with Crippen molar-refractivity contribution in [1.29, 1.82) is 0 Å². The van der Waals surface area contributed by atoms with Gasteiger partial charge >= 0.3 is 5.69 Å². The van der Waals surface area contributed by atoms with E-state index in [2.05, 4.69) is 4.98 Å². The van der Waals surface area contributed by atoms with E-state index in [1.54, 1.807) is 0 Å². The Morgan fingerprint density at radius 2 is 1.50 bits per heavy atom. The summed E-state index contributed by atoms with van der Waals surface area (Å²) >= 11 is 0. The molecular weight excluding hydrogens is 220 g/mol. The first-order valence-corrected chi connectivity index (χ1v) is 3.92. The molecule has 1 aromatic rings. The van der Waals surface area contributed by atoms with Gasteiger partial charge < -0.3 is 15.2 Å². The van der Waals surface area contributed by atoms with Gasteiger partial charge in [-0.25, -0.2) is 4.79 Å². The summed E-state index contributed by atoms with van der Waals surface area (Å²) in [6, 6.07) is 1.24. The smallest absolute Gasteiger partial charge is 0.325 e. The summed E-state index contributed by atoms with van der Waals surface area (Å²) in [5.74, 6) is -1.67. The number of rotatable bonds is 0. The van der Waals surface area contributed by atoms with Gasteiger partial charge in [0.15, 0.2) is 0 Å². The van der Waals surface area contributed by atoms with Crippen LogP contribution in [0.15, 0.2) is 21.9 Å². The number of H-pyrrole nitrogens is 2. The van der Waals surface area contributed by atoms with Crippen molar-refractivity contribution in [2.45, 2.75) is 13.8 Å². The maximum absolute atomic E-state index is 10.2. The Hall–Kier alpha value is -2.38. The Labute approximate surface area is 89.6 Å². The first-order valence-electron chi connectivity index (χ1n) is 3.92. The molecule has 90 valence electrons. The van der Waals surface area contributed by atoms with E-state index in [1.807, 2.05) is 4.98 Å². The predicted octanol–water partition coefficient (Wildman–Crippen LogP) is -0.755. The Morgan fingerprint density at radius 1 is 1.12 bits per heavy atom. The first kappa shape index (κ1) is 16.1. The van der Waals surface area contributed by atoms with E-state index in [9.17, 15) is 9.59 Å². The van der Waals surface area contributed by atoms with Crippen LogP contribution >= 0.6 is 0 Å². The van der Waals surface area contributed by atoms with Crippen LogP contribution in [0, 0.1) is 0 Å². The lowest BCUT2D eigenvalue weighted by Gasteiger charge is -1.75. The van der Waals surface area contributed by atoms with E-state index in [4.69, 9.17) is 19.8 Å². The number of aromatic nitrogens is 2. The molecule has 16 heavy (non-hydrogen) atoms. The molecule has 0 saturated heterocycles. The molecule has 0 fully saturated rings. The molecule has 0 atom stereocenters. The molecule has 8 nitrogen and oxygen atoms in total. The number of carbonyl (C=O) groups is 2. The number of hydrogen-bond acceptors (Lipinski definition) is 4. The average molecular weight is 232 g/mol. The monoisotopic (exact) mass is 232 g/mol. The lowest BCUT2D eigenvalue weighted by atomic mass is 10.7. The zero-order chi connectivity index (χ0) is 13.1. The molecule has 0 unspecified atom stereocenters. The van der Waals surface area contributed by atoms with Crippen LogP contribution in [-0.2, 0) is 9.59 Å². The van der Waals surface area contributed by atoms with E-state index < -0.39 is 17.6 Å². The summed E-state index contributed by atoms with van der Waals surface area (Å²) in [6.45, 7) is 2.17. The predicted molar refractivity (Wildman–Crippen MR) is 54.3 cm³/mol. The molecule has 0 aromatic carbocycles. The quantitative estimate of drug-likeness (QED) is 0.463. The van der Waals surface area contributed by atoms with Gasteiger partial charge in [0, 0.05) is 26.1 Å². The van der Waals surface area contributed by atoms with Crippen LogP contribution in [0.4, 0.5) is 0 Å². The fourth-order valence-electron chi connectivity index (χ4n) is 0.383. The molecule has 0 radical (unpaired) electrons. The van der Waals surface area contributed by atoms with Crippen molar-refractivity contribution in [2.75, 3.05) is 0 Å². The highest BCUT2D eigenvalue weighted by molar-refractivity contribution is 5.63. The second-order valence-electron chi connectivity index (χ2n) is 2.33. The third-order valence-electron chi connectivity index (χ3n) is 0.686. The molecule has 8 heteroatoms. The molecule has 1 aromatic heterocycles. The second-order valence-corrected chi connectivity index (χ2v) is 2.33. The molecule has 1 heterocycles. The zero-order valence-electron chi connectivity index (χ0n) is 8.68. The number of hydrogen-bond donors (Lipinski definition) is 4. The highest BCUT2D eigenvalue weighted by Crippen LogP contribution is 1.51. The highest BCUT2D eigenvalue weighted by Gasteiger charge is 1.77. The van der Waals surface area contributed by atoms with Crippen LogP contribution in [0.5, 0.6) is 0 Å². The van der Waals surface area contributed by atoms with Gasteiger partial charge in [-0.15, -0.1) is 0 Å². The highest BCUT2D eigenvalue weighted by atomic mass is 16.4. The number of aromatic amines is 2. The lowest BCUT2D eigenvalue weighted by molar-refractivity contribution is -0.135. The van der Waals surface area contributed by atoms with Crippen molar-refractivity contribution in [3.8, 4) is 0 Å². The van der Waals surface area contributed by atoms with E-state index in [0.29, 0.717) is 0 Å². The van der Waals surface area contributed by atoms with Gasteiger partial charge in [0.05, 0.1) is 0 Å². The Kier molecular flexibility index (Phi) is 9.22. The minimum absolute atomic E-state index is 0.381. The maximum atomic E-state index is 10.2. The minimum Gasteiger partial charge on any atom is -0.481 e. The summed E-state index contributed by atoms with van der Waals surface area (Å²) in [6.07, 6.45) is 1.29. The minimum atomic E-state index is -0.833. The maximum Gasteiger partial charge on any atom is 0.325 e. The van der Waals surface area contributed by atoms with Gasteiger partial charge in [0.2, 0.25) is 0 Å². The van der Waals surface area contributed by atoms with Crippen LogP contribution in [0.1, 0.15) is 13.8 Å².